The largest absolute Gasteiger partial charge is 0.480 e. The number of carboxylic acids is 1. The fourth-order valence-electron chi connectivity index (χ4n) is 6.05. The molecule has 0 radical (unpaired) electrons. The van der Waals surface area contributed by atoms with Crippen molar-refractivity contribution < 1.29 is 19.5 Å². The van der Waals surface area contributed by atoms with Gasteiger partial charge in [-0.05, 0) is 49.2 Å². The topological polar surface area (TPSA) is 84.4 Å². The van der Waals surface area contributed by atoms with Crippen molar-refractivity contribution in [2.24, 2.45) is 0 Å². The molecule has 9 heteroatoms. The lowest BCUT2D eigenvalue weighted by atomic mass is 9.92. The smallest absolute Gasteiger partial charge is 0.329 e. The van der Waals surface area contributed by atoms with Crippen LogP contribution in [0.25, 0.3) is 0 Å². The number of carbonyl (C=O) groups excluding carboxylic acids is 2. The van der Waals surface area contributed by atoms with E-state index >= 15 is 0 Å². The van der Waals surface area contributed by atoms with E-state index in [-0.39, 0.29) is 37.7 Å². The van der Waals surface area contributed by atoms with Crippen molar-refractivity contribution in [3.05, 3.63) is 84.9 Å². The first-order valence-electron chi connectivity index (χ1n) is 13.8. The summed E-state index contributed by atoms with van der Waals surface area (Å²) in [6, 6.07) is 24.8. The minimum atomic E-state index is -1.15. The molecule has 1 N–H and O–H groups in total. The molecule has 2 heterocycles. The number of rotatable bonds is 3. The molecule has 0 bridgehead atoms. The summed E-state index contributed by atoms with van der Waals surface area (Å²) >= 11 is 1.83. The highest BCUT2D eigenvalue weighted by Gasteiger charge is 2.45. The summed E-state index contributed by atoms with van der Waals surface area (Å²) in [5.41, 5.74) is 2.23. The summed E-state index contributed by atoms with van der Waals surface area (Å²) in [5, 5.41) is 10.6. The molecular formula is C31H32N4O4S. The van der Waals surface area contributed by atoms with E-state index in [0.717, 1.165) is 36.3 Å². The molecule has 206 valence electrons. The predicted molar refractivity (Wildman–Crippen MR) is 156 cm³/mol. The number of urea groups is 2. The number of nitrogens with zero attached hydrogens (tertiary/aromatic N) is 4. The van der Waals surface area contributed by atoms with Gasteiger partial charge in [0.15, 0.2) is 0 Å². The first-order chi connectivity index (χ1) is 19.5. The number of benzene rings is 3. The zero-order valence-corrected chi connectivity index (χ0v) is 23.0. The Bertz CT molecular complexity index is 1350. The molecule has 2 fully saturated rings. The Morgan fingerprint density at radius 1 is 0.800 bits per heavy atom. The highest BCUT2D eigenvalue weighted by atomic mass is 32.2. The average Bonchev–Trinajstić information content (AvgIpc) is 3.00. The number of carboxylic acid groups (broad SMARTS) is 1. The predicted octanol–water partition coefficient (Wildman–Crippen LogP) is 6.06. The van der Waals surface area contributed by atoms with Crippen LogP contribution in [0.4, 0.5) is 26.7 Å². The molecule has 1 saturated carbocycles. The van der Waals surface area contributed by atoms with Gasteiger partial charge in [-0.2, -0.15) is 0 Å². The maximum atomic E-state index is 14.2. The molecule has 6 rings (SSSR count). The summed E-state index contributed by atoms with van der Waals surface area (Å²) in [4.78, 5) is 48.2. The lowest BCUT2D eigenvalue weighted by molar-refractivity contribution is -0.143. The van der Waals surface area contributed by atoms with Crippen LogP contribution in [-0.2, 0) is 4.79 Å². The SMILES string of the molecule is O=C(O)[C@@H]1CN(C(=O)N(c2ccccc2)c2ccccc2)CCN1C(=O)N1c2ccccc2SC2CCCCC21. The number of amides is 4. The van der Waals surface area contributed by atoms with Crippen LogP contribution >= 0.6 is 11.8 Å². The monoisotopic (exact) mass is 556 g/mol. The molecule has 0 aromatic heterocycles. The van der Waals surface area contributed by atoms with Gasteiger partial charge < -0.3 is 14.9 Å². The Morgan fingerprint density at radius 3 is 2.10 bits per heavy atom. The Kier molecular flexibility index (Phi) is 7.38. The minimum absolute atomic E-state index is 0.0295. The highest BCUT2D eigenvalue weighted by molar-refractivity contribution is 8.00. The molecule has 0 spiro atoms. The van der Waals surface area contributed by atoms with Crippen molar-refractivity contribution in [2.75, 3.05) is 29.4 Å². The molecule has 4 amide bonds. The van der Waals surface area contributed by atoms with Crippen LogP contribution in [-0.4, -0.2) is 69.9 Å². The van der Waals surface area contributed by atoms with Gasteiger partial charge in [-0.3, -0.25) is 9.80 Å². The van der Waals surface area contributed by atoms with Gasteiger partial charge in [0.1, 0.15) is 6.04 Å². The molecular weight excluding hydrogens is 524 g/mol. The van der Waals surface area contributed by atoms with Crippen LogP contribution in [0, 0.1) is 0 Å². The molecule has 1 saturated heterocycles. The van der Waals surface area contributed by atoms with Crippen LogP contribution in [0.5, 0.6) is 0 Å². The van der Waals surface area contributed by atoms with Crippen LogP contribution in [0.15, 0.2) is 89.8 Å². The van der Waals surface area contributed by atoms with Gasteiger partial charge in [-0.15, -0.1) is 11.8 Å². The van der Waals surface area contributed by atoms with Crippen LogP contribution in [0.1, 0.15) is 25.7 Å². The molecule has 3 aliphatic rings. The first kappa shape index (κ1) is 26.3. The summed E-state index contributed by atoms with van der Waals surface area (Å²) in [6.07, 6.45) is 4.12. The maximum absolute atomic E-state index is 14.2. The maximum Gasteiger partial charge on any atom is 0.329 e. The second kappa shape index (κ2) is 11.3. The normalized spacial score (nSPS) is 22.2. The van der Waals surface area contributed by atoms with E-state index in [2.05, 4.69) is 0 Å². The van der Waals surface area contributed by atoms with Crippen molar-refractivity contribution >= 4 is 46.9 Å². The number of thioether (sulfide) groups is 1. The number of hydrogen-bond acceptors (Lipinski definition) is 4. The van der Waals surface area contributed by atoms with E-state index in [1.165, 1.54) is 4.90 Å². The number of aliphatic carboxylic acids is 1. The average molecular weight is 557 g/mol. The molecule has 2 aliphatic heterocycles. The third kappa shape index (κ3) is 4.90. The molecule has 3 aromatic rings. The Labute approximate surface area is 238 Å². The number of fused-ring (bicyclic) bond motifs is 2. The number of hydrogen-bond donors (Lipinski definition) is 1. The number of anilines is 3. The van der Waals surface area contributed by atoms with Crippen LogP contribution < -0.4 is 9.80 Å². The third-order valence-corrected chi connectivity index (χ3v) is 9.46. The lowest BCUT2D eigenvalue weighted by Gasteiger charge is -2.48. The van der Waals surface area contributed by atoms with E-state index in [4.69, 9.17) is 0 Å². The summed E-state index contributed by atoms with van der Waals surface area (Å²) in [6.45, 7) is 0.291. The first-order valence-corrected chi connectivity index (χ1v) is 14.7. The Hall–Kier alpha value is -3.98. The van der Waals surface area contributed by atoms with E-state index in [1.807, 2.05) is 102 Å². The quantitative estimate of drug-likeness (QED) is 0.424. The number of para-hydroxylation sites is 3. The molecule has 3 atom stereocenters. The zero-order chi connectivity index (χ0) is 27.6. The zero-order valence-electron chi connectivity index (χ0n) is 22.1. The van der Waals surface area contributed by atoms with Gasteiger partial charge in [0.05, 0.1) is 29.6 Å². The van der Waals surface area contributed by atoms with Gasteiger partial charge in [-0.1, -0.05) is 61.4 Å². The highest BCUT2D eigenvalue weighted by Crippen LogP contribution is 2.47. The van der Waals surface area contributed by atoms with Gasteiger partial charge in [-0.25, -0.2) is 14.4 Å². The second-order valence-corrected chi connectivity index (χ2v) is 11.7. The van der Waals surface area contributed by atoms with Gasteiger partial charge >= 0.3 is 18.0 Å². The number of piperazine rings is 1. The van der Waals surface area contributed by atoms with Gasteiger partial charge in [0.2, 0.25) is 0 Å². The van der Waals surface area contributed by atoms with E-state index < -0.39 is 12.0 Å². The number of carbonyl (C=O) groups is 3. The van der Waals surface area contributed by atoms with Crippen LogP contribution in [0.3, 0.4) is 0 Å². The standard InChI is InChI=1S/C31H32N4O4S/c36-29(37)26-21-32(30(38)34(22-11-3-1-4-12-22)23-13-5-2-6-14-23)19-20-33(26)31(39)35-24-15-7-9-17-27(24)40-28-18-10-8-16-25(28)35/h1-7,9,11-15,17,25-26,28H,8,10,16,18-21H2,(H,36,37)/t25?,26-,28?/m0/s1. The molecule has 1 aliphatic carbocycles. The molecule has 3 aromatic carbocycles. The van der Waals surface area contributed by atoms with Crippen molar-refractivity contribution in [2.45, 2.75) is 47.9 Å². The van der Waals surface area contributed by atoms with E-state index in [9.17, 15) is 19.5 Å². The molecule has 8 nitrogen and oxygen atoms in total. The van der Waals surface area contributed by atoms with Gasteiger partial charge in [0.25, 0.3) is 0 Å². The fraction of sp³-hybridized carbons (Fsp3) is 0.323. The molecule has 40 heavy (non-hydrogen) atoms. The van der Waals surface area contributed by atoms with Crippen molar-refractivity contribution in [1.29, 1.82) is 0 Å². The molecule has 2 unspecified atom stereocenters. The summed E-state index contributed by atoms with van der Waals surface area (Å²) in [5.74, 6) is -1.11. The van der Waals surface area contributed by atoms with Crippen LogP contribution in [0.2, 0.25) is 0 Å². The minimum Gasteiger partial charge on any atom is -0.480 e. The summed E-state index contributed by atoms with van der Waals surface area (Å²) < 4.78 is 0. The van der Waals surface area contributed by atoms with Crippen molar-refractivity contribution in [1.82, 2.24) is 9.80 Å². The Morgan fingerprint density at radius 2 is 1.43 bits per heavy atom. The third-order valence-electron chi connectivity index (χ3n) is 8.01. The fourth-order valence-corrected chi connectivity index (χ4v) is 7.52. The van der Waals surface area contributed by atoms with Gasteiger partial charge in [0, 0.05) is 23.2 Å². The lowest BCUT2D eigenvalue weighted by Crippen LogP contribution is -2.65. The van der Waals surface area contributed by atoms with Crippen molar-refractivity contribution in [3.63, 3.8) is 0 Å². The van der Waals surface area contributed by atoms with Crippen molar-refractivity contribution in [3.8, 4) is 0 Å². The Balaban J connectivity index is 1.28. The summed E-state index contributed by atoms with van der Waals surface area (Å²) in [7, 11) is 0. The van der Waals surface area contributed by atoms with E-state index in [1.54, 1.807) is 9.80 Å². The second-order valence-electron chi connectivity index (χ2n) is 10.4. The van der Waals surface area contributed by atoms with E-state index in [0.29, 0.717) is 16.6 Å².